The number of nitrogens with one attached hydrogen (secondary N) is 1. The Morgan fingerprint density at radius 2 is 1.85 bits per heavy atom. The highest BCUT2D eigenvalue weighted by Gasteiger charge is 2.27. The lowest BCUT2D eigenvalue weighted by Gasteiger charge is -2.31. The first kappa shape index (κ1) is 18.7. The van der Waals surface area contributed by atoms with Crippen molar-refractivity contribution in [2.45, 2.75) is 51.9 Å². The third-order valence-electron chi connectivity index (χ3n) is 5.58. The largest absolute Gasteiger partial charge is 0.356 e. The molecular formula is C22H30N2O2. The normalized spacial score (nSPS) is 18.3. The molecule has 0 spiro atoms. The molecule has 2 amide bonds. The summed E-state index contributed by atoms with van der Waals surface area (Å²) in [6.07, 6.45) is 9.80. The van der Waals surface area contributed by atoms with E-state index < -0.39 is 0 Å². The van der Waals surface area contributed by atoms with Gasteiger partial charge >= 0.3 is 0 Å². The maximum atomic E-state index is 12.6. The van der Waals surface area contributed by atoms with Gasteiger partial charge in [0.25, 0.3) is 5.91 Å². The molecule has 0 aromatic heterocycles. The molecule has 26 heavy (non-hydrogen) atoms. The summed E-state index contributed by atoms with van der Waals surface area (Å²) in [5.74, 6) is 0.273. The van der Waals surface area contributed by atoms with Crippen LogP contribution in [-0.2, 0) is 4.79 Å². The Hall–Kier alpha value is -2.10. The van der Waals surface area contributed by atoms with Gasteiger partial charge in [0.1, 0.15) is 0 Å². The van der Waals surface area contributed by atoms with Gasteiger partial charge in [-0.05, 0) is 64.0 Å². The molecule has 140 valence electrons. The third kappa shape index (κ3) is 4.96. The number of amides is 2. The first-order valence-electron chi connectivity index (χ1n) is 9.95. The number of benzene rings is 1. The molecule has 1 aliphatic heterocycles. The molecule has 4 nitrogen and oxygen atoms in total. The van der Waals surface area contributed by atoms with Gasteiger partial charge in [0.2, 0.25) is 5.91 Å². The van der Waals surface area contributed by atoms with Crippen LogP contribution in [0.1, 0.15) is 60.9 Å². The van der Waals surface area contributed by atoms with E-state index in [0.717, 1.165) is 36.9 Å². The second-order valence-corrected chi connectivity index (χ2v) is 7.58. The van der Waals surface area contributed by atoms with E-state index in [-0.39, 0.29) is 17.7 Å². The average molecular weight is 354 g/mol. The monoisotopic (exact) mass is 354 g/mol. The van der Waals surface area contributed by atoms with Crippen molar-refractivity contribution in [3.8, 4) is 0 Å². The molecular weight excluding hydrogens is 324 g/mol. The number of likely N-dealkylation sites (tertiary alicyclic amines) is 1. The van der Waals surface area contributed by atoms with E-state index in [4.69, 9.17) is 0 Å². The molecule has 1 aliphatic carbocycles. The highest BCUT2D eigenvalue weighted by atomic mass is 16.2. The summed E-state index contributed by atoms with van der Waals surface area (Å²) in [5, 5.41) is 3.10. The van der Waals surface area contributed by atoms with Crippen molar-refractivity contribution in [2.24, 2.45) is 5.92 Å². The lowest BCUT2D eigenvalue weighted by atomic mass is 9.94. The zero-order valence-electron chi connectivity index (χ0n) is 15.8. The van der Waals surface area contributed by atoms with Crippen LogP contribution in [0, 0.1) is 12.8 Å². The third-order valence-corrected chi connectivity index (χ3v) is 5.58. The molecule has 2 aliphatic rings. The van der Waals surface area contributed by atoms with Crippen LogP contribution < -0.4 is 5.32 Å². The Balaban J connectivity index is 1.41. The quantitative estimate of drug-likeness (QED) is 0.817. The Bertz CT molecular complexity index is 655. The SMILES string of the molecule is Cc1ccc(C(=O)N2CCC(C(=O)NCCC3=CCCCC3)CC2)cc1. The molecule has 0 atom stereocenters. The van der Waals surface area contributed by atoms with E-state index in [0.29, 0.717) is 13.1 Å². The zero-order chi connectivity index (χ0) is 18.4. The minimum atomic E-state index is 0.0393. The summed E-state index contributed by atoms with van der Waals surface area (Å²) in [6, 6.07) is 7.71. The maximum absolute atomic E-state index is 12.6. The van der Waals surface area contributed by atoms with Crippen LogP contribution in [0.5, 0.6) is 0 Å². The van der Waals surface area contributed by atoms with Crippen LogP contribution in [0.3, 0.4) is 0 Å². The summed E-state index contributed by atoms with van der Waals surface area (Å²) in [4.78, 5) is 26.8. The number of aryl methyl sites for hydroxylation is 1. The minimum absolute atomic E-state index is 0.0393. The number of nitrogens with zero attached hydrogens (tertiary/aromatic N) is 1. The van der Waals surface area contributed by atoms with E-state index in [1.165, 1.54) is 31.3 Å². The summed E-state index contributed by atoms with van der Waals surface area (Å²) in [7, 11) is 0. The molecule has 1 fully saturated rings. The highest BCUT2D eigenvalue weighted by molar-refractivity contribution is 5.94. The lowest BCUT2D eigenvalue weighted by Crippen LogP contribution is -2.43. The molecule has 1 heterocycles. The van der Waals surface area contributed by atoms with Gasteiger partial charge in [0.15, 0.2) is 0 Å². The molecule has 0 radical (unpaired) electrons. The average Bonchev–Trinajstić information content (AvgIpc) is 2.69. The standard InChI is InChI=1S/C22H30N2O2/c1-17-7-9-20(10-8-17)22(26)24-15-12-19(13-16-24)21(25)23-14-11-18-5-3-2-4-6-18/h5,7-10,19H,2-4,6,11-16H2,1H3,(H,23,25). The van der Waals surface area contributed by atoms with Crippen LogP contribution in [0.15, 0.2) is 35.9 Å². The fourth-order valence-corrected chi connectivity index (χ4v) is 3.85. The Labute approximate surface area is 156 Å². The van der Waals surface area contributed by atoms with Gasteiger partial charge in [0, 0.05) is 31.1 Å². The molecule has 1 aromatic carbocycles. The van der Waals surface area contributed by atoms with Crippen LogP contribution >= 0.6 is 0 Å². The topological polar surface area (TPSA) is 49.4 Å². The van der Waals surface area contributed by atoms with E-state index in [2.05, 4.69) is 11.4 Å². The first-order chi connectivity index (χ1) is 12.6. The van der Waals surface area contributed by atoms with Gasteiger partial charge in [0.05, 0.1) is 0 Å². The number of carbonyl (C=O) groups excluding carboxylic acids is 2. The molecule has 0 unspecified atom stereocenters. The van der Waals surface area contributed by atoms with Gasteiger partial charge < -0.3 is 10.2 Å². The van der Waals surface area contributed by atoms with Crippen LogP contribution in [0.4, 0.5) is 0 Å². The summed E-state index contributed by atoms with van der Waals surface area (Å²) in [6.45, 7) is 4.09. The Kier molecular flexibility index (Phi) is 6.48. The Morgan fingerprint density at radius 1 is 1.12 bits per heavy atom. The van der Waals surface area contributed by atoms with Gasteiger partial charge in [-0.1, -0.05) is 29.3 Å². The van der Waals surface area contributed by atoms with Crippen molar-refractivity contribution < 1.29 is 9.59 Å². The summed E-state index contributed by atoms with van der Waals surface area (Å²) >= 11 is 0. The van der Waals surface area contributed by atoms with E-state index in [1.54, 1.807) is 0 Å². The second kappa shape index (κ2) is 9.02. The number of carbonyl (C=O) groups is 2. The number of hydrogen-bond donors (Lipinski definition) is 1. The molecule has 4 heteroatoms. The predicted molar refractivity (Wildman–Crippen MR) is 104 cm³/mol. The fraction of sp³-hybridized carbons (Fsp3) is 0.545. The summed E-state index contributed by atoms with van der Waals surface area (Å²) in [5.41, 5.74) is 3.38. The lowest BCUT2D eigenvalue weighted by molar-refractivity contribution is -0.126. The van der Waals surface area contributed by atoms with Crippen molar-refractivity contribution in [3.63, 3.8) is 0 Å². The van der Waals surface area contributed by atoms with Crippen LogP contribution in [-0.4, -0.2) is 36.3 Å². The van der Waals surface area contributed by atoms with E-state index in [9.17, 15) is 9.59 Å². The van der Waals surface area contributed by atoms with Crippen molar-refractivity contribution in [3.05, 3.63) is 47.0 Å². The smallest absolute Gasteiger partial charge is 0.253 e. The Morgan fingerprint density at radius 3 is 2.50 bits per heavy atom. The molecule has 1 saturated heterocycles. The summed E-state index contributed by atoms with van der Waals surface area (Å²) < 4.78 is 0. The van der Waals surface area contributed by atoms with Gasteiger partial charge in [-0.3, -0.25) is 9.59 Å². The van der Waals surface area contributed by atoms with Crippen molar-refractivity contribution in [1.29, 1.82) is 0 Å². The van der Waals surface area contributed by atoms with Crippen molar-refractivity contribution in [1.82, 2.24) is 10.2 Å². The van der Waals surface area contributed by atoms with Gasteiger partial charge in [-0.25, -0.2) is 0 Å². The first-order valence-corrected chi connectivity index (χ1v) is 9.95. The van der Waals surface area contributed by atoms with E-state index in [1.807, 2.05) is 36.1 Å². The zero-order valence-corrected chi connectivity index (χ0v) is 15.8. The fourth-order valence-electron chi connectivity index (χ4n) is 3.85. The van der Waals surface area contributed by atoms with E-state index >= 15 is 0 Å². The molecule has 1 N–H and O–H groups in total. The van der Waals surface area contributed by atoms with Crippen molar-refractivity contribution in [2.75, 3.05) is 19.6 Å². The molecule has 1 aromatic rings. The minimum Gasteiger partial charge on any atom is -0.356 e. The molecule has 3 rings (SSSR count). The molecule has 0 saturated carbocycles. The van der Waals surface area contributed by atoms with Crippen molar-refractivity contribution >= 4 is 11.8 Å². The van der Waals surface area contributed by atoms with Crippen LogP contribution in [0.2, 0.25) is 0 Å². The predicted octanol–water partition coefficient (Wildman–Crippen LogP) is 3.85. The van der Waals surface area contributed by atoms with Gasteiger partial charge in [-0.15, -0.1) is 0 Å². The second-order valence-electron chi connectivity index (χ2n) is 7.58. The number of allylic oxidation sites excluding steroid dienone is 1. The number of piperidine rings is 1. The number of rotatable bonds is 5. The molecule has 0 bridgehead atoms. The maximum Gasteiger partial charge on any atom is 0.253 e. The highest BCUT2D eigenvalue weighted by Crippen LogP contribution is 2.21. The number of hydrogen-bond acceptors (Lipinski definition) is 2. The van der Waals surface area contributed by atoms with Gasteiger partial charge in [-0.2, -0.15) is 0 Å². The van der Waals surface area contributed by atoms with Crippen LogP contribution in [0.25, 0.3) is 0 Å².